The predicted molar refractivity (Wildman–Crippen MR) is 85.3 cm³/mol. The van der Waals surface area contributed by atoms with Crippen LogP contribution in [0.1, 0.15) is 31.4 Å². The summed E-state index contributed by atoms with van der Waals surface area (Å²) in [5, 5.41) is 3.75. The first-order chi connectivity index (χ1) is 10.7. The lowest BCUT2D eigenvalue weighted by Gasteiger charge is -2.36. The number of methoxy groups -OCH3 is 1. The molecule has 2 rings (SSSR count). The predicted octanol–water partition coefficient (Wildman–Crippen LogP) is 3.51. The maximum absolute atomic E-state index is 8.58. The van der Waals surface area contributed by atoms with E-state index in [1.165, 1.54) is 5.56 Å². The minimum atomic E-state index is -0.449. The number of ether oxygens (including phenoxy) is 2. The Morgan fingerprint density at radius 1 is 1.41 bits per heavy atom. The van der Waals surface area contributed by atoms with E-state index in [1.807, 2.05) is 6.07 Å². The third-order valence-corrected chi connectivity index (χ3v) is 4.29. The summed E-state index contributed by atoms with van der Waals surface area (Å²) in [6.45, 7) is 3.01. The van der Waals surface area contributed by atoms with Crippen LogP contribution in [0.3, 0.4) is 0 Å². The molecule has 0 aromatic heterocycles. The summed E-state index contributed by atoms with van der Waals surface area (Å²) in [5.41, 5.74) is 9.87. The molecule has 1 aromatic carbocycles. The summed E-state index contributed by atoms with van der Waals surface area (Å²) in [4.78, 5) is 5.14. The summed E-state index contributed by atoms with van der Waals surface area (Å²) >= 11 is 0. The monoisotopic (exact) mass is 304 g/mol. The Balaban J connectivity index is 1.92. The van der Waals surface area contributed by atoms with Crippen molar-refractivity contribution in [2.75, 3.05) is 20.7 Å². The van der Waals surface area contributed by atoms with Gasteiger partial charge in [-0.1, -0.05) is 35.4 Å². The number of benzene rings is 1. The summed E-state index contributed by atoms with van der Waals surface area (Å²) < 4.78 is 11.2. The molecule has 0 unspecified atom stereocenters. The van der Waals surface area contributed by atoms with Crippen LogP contribution in [0.25, 0.3) is 10.4 Å². The number of hydrogen-bond acceptors (Lipinski definition) is 4. The fourth-order valence-corrected chi connectivity index (χ4v) is 2.83. The Hall–Kier alpha value is -1.59. The summed E-state index contributed by atoms with van der Waals surface area (Å²) in [6.07, 6.45) is 1.30. The van der Waals surface area contributed by atoms with E-state index in [-0.39, 0.29) is 12.1 Å². The van der Waals surface area contributed by atoms with Gasteiger partial charge in [-0.25, -0.2) is 0 Å². The van der Waals surface area contributed by atoms with E-state index >= 15 is 0 Å². The Morgan fingerprint density at radius 2 is 2.14 bits per heavy atom. The van der Waals surface area contributed by atoms with Gasteiger partial charge < -0.3 is 9.47 Å². The van der Waals surface area contributed by atoms with E-state index in [0.29, 0.717) is 6.04 Å². The molecular weight excluding hydrogens is 280 g/mol. The van der Waals surface area contributed by atoms with Crippen molar-refractivity contribution < 1.29 is 9.47 Å². The van der Waals surface area contributed by atoms with E-state index < -0.39 is 6.29 Å². The first kappa shape index (κ1) is 16.8. The molecule has 1 fully saturated rings. The van der Waals surface area contributed by atoms with Gasteiger partial charge in [0.2, 0.25) is 0 Å². The van der Waals surface area contributed by atoms with Gasteiger partial charge in [0.15, 0.2) is 6.29 Å². The van der Waals surface area contributed by atoms with Crippen LogP contribution >= 0.6 is 0 Å². The smallest absolute Gasteiger partial charge is 0.166 e. The van der Waals surface area contributed by atoms with Crippen LogP contribution in [-0.2, 0) is 9.47 Å². The molecule has 0 saturated carbocycles. The Labute approximate surface area is 131 Å². The van der Waals surface area contributed by atoms with Gasteiger partial charge in [0, 0.05) is 24.6 Å². The molecular formula is C16H24N4O2. The zero-order chi connectivity index (χ0) is 15.9. The van der Waals surface area contributed by atoms with Gasteiger partial charge in [-0.15, -0.1) is 0 Å². The second-order valence-electron chi connectivity index (χ2n) is 5.74. The summed E-state index contributed by atoms with van der Waals surface area (Å²) in [7, 11) is 3.69. The van der Waals surface area contributed by atoms with Gasteiger partial charge in [-0.05, 0) is 37.9 Å². The van der Waals surface area contributed by atoms with Gasteiger partial charge in [0.05, 0.1) is 12.1 Å². The van der Waals surface area contributed by atoms with Crippen molar-refractivity contribution in [3.63, 3.8) is 0 Å². The highest BCUT2D eigenvalue weighted by atomic mass is 16.7. The van der Waals surface area contributed by atoms with Crippen molar-refractivity contribution in [2.45, 2.75) is 44.2 Å². The molecule has 22 heavy (non-hydrogen) atoms. The van der Waals surface area contributed by atoms with Crippen LogP contribution in [0.2, 0.25) is 0 Å². The van der Waals surface area contributed by atoms with Crippen molar-refractivity contribution >= 4 is 0 Å². The zero-order valence-electron chi connectivity index (χ0n) is 13.4. The maximum Gasteiger partial charge on any atom is 0.166 e. The van der Waals surface area contributed by atoms with Crippen LogP contribution < -0.4 is 0 Å². The quantitative estimate of drug-likeness (QED) is 0.458. The minimum absolute atomic E-state index is 0.0891. The average Bonchev–Trinajstić information content (AvgIpc) is 2.56. The third kappa shape index (κ3) is 4.21. The fraction of sp³-hybridized carbons (Fsp3) is 0.625. The molecule has 120 valence electrons. The first-order valence-corrected chi connectivity index (χ1v) is 7.63. The van der Waals surface area contributed by atoms with Crippen molar-refractivity contribution in [1.82, 2.24) is 4.90 Å². The lowest BCUT2D eigenvalue weighted by molar-refractivity contribution is -0.192. The molecule has 0 bridgehead atoms. The molecule has 0 N–H and O–H groups in total. The molecule has 1 saturated heterocycles. The molecule has 0 spiro atoms. The zero-order valence-corrected chi connectivity index (χ0v) is 13.4. The fourth-order valence-electron chi connectivity index (χ4n) is 2.83. The highest BCUT2D eigenvalue weighted by molar-refractivity contribution is 5.18. The van der Waals surface area contributed by atoms with Crippen molar-refractivity contribution in [1.29, 1.82) is 0 Å². The Morgan fingerprint density at radius 3 is 2.77 bits per heavy atom. The van der Waals surface area contributed by atoms with Gasteiger partial charge in [0.1, 0.15) is 0 Å². The normalized spacial score (nSPS) is 26.5. The highest BCUT2D eigenvalue weighted by Gasteiger charge is 2.31. The molecule has 0 aliphatic carbocycles. The van der Waals surface area contributed by atoms with E-state index in [9.17, 15) is 0 Å². The van der Waals surface area contributed by atoms with Crippen LogP contribution in [0, 0.1) is 0 Å². The third-order valence-electron chi connectivity index (χ3n) is 4.29. The number of likely N-dealkylation sites (N-methyl/N-ethyl adjacent to an activating group) is 1. The lowest BCUT2D eigenvalue weighted by atomic mass is 10.0. The van der Waals surface area contributed by atoms with Crippen LogP contribution in [0.4, 0.5) is 0 Å². The topological polar surface area (TPSA) is 70.5 Å². The Kier molecular flexibility index (Phi) is 6.21. The summed E-state index contributed by atoms with van der Waals surface area (Å²) in [5.74, 6) is 0. The molecule has 6 heteroatoms. The molecule has 6 nitrogen and oxygen atoms in total. The SMILES string of the molecule is CO[C@@H]1O[C@@H](CN(C)[C@@H](C)c2ccccc2)CC[C@@H]1N=[N+]=[N-]. The lowest BCUT2D eigenvalue weighted by Crippen LogP contribution is -2.43. The van der Waals surface area contributed by atoms with E-state index in [4.69, 9.17) is 15.0 Å². The average molecular weight is 304 g/mol. The van der Waals surface area contributed by atoms with Crippen molar-refractivity contribution in [2.24, 2.45) is 5.11 Å². The molecule has 1 aromatic rings. The molecule has 1 aliphatic rings. The summed E-state index contributed by atoms with van der Waals surface area (Å²) in [6, 6.07) is 10.5. The second kappa shape index (κ2) is 8.15. The highest BCUT2D eigenvalue weighted by Crippen LogP contribution is 2.26. The molecule has 0 radical (unpaired) electrons. The van der Waals surface area contributed by atoms with Crippen molar-refractivity contribution in [3.8, 4) is 0 Å². The van der Waals surface area contributed by atoms with Crippen molar-refractivity contribution in [3.05, 3.63) is 46.3 Å². The first-order valence-electron chi connectivity index (χ1n) is 7.63. The van der Waals surface area contributed by atoms with Crippen LogP contribution in [0.5, 0.6) is 0 Å². The largest absolute Gasteiger partial charge is 0.355 e. The molecule has 0 amide bonds. The molecule has 1 aliphatic heterocycles. The van der Waals surface area contributed by atoms with E-state index in [1.54, 1.807) is 7.11 Å². The van der Waals surface area contributed by atoms with Gasteiger partial charge >= 0.3 is 0 Å². The Bertz CT molecular complexity index is 504. The van der Waals surface area contributed by atoms with E-state index in [2.05, 4.69) is 53.2 Å². The van der Waals surface area contributed by atoms with E-state index in [0.717, 1.165) is 19.4 Å². The van der Waals surface area contributed by atoms with Gasteiger partial charge in [0.25, 0.3) is 0 Å². The van der Waals surface area contributed by atoms with Crippen LogP contribution in [0.15, 0.2) is 35.4 Å². The number of nitrogens with zero attached hydrogens (tertiary/aromatic N) is 4. The second-order valence-corrected chi connectivity index (χ2v) is 5.74. The maximum atomic E-state index is 8.58. The molecule has 1 heterocycles. The van der Waals surface area contributed by atoms with Gasteiger partial charge in [-0.2, -0.15) is 0 Å². The van der Waals surface area contributed by atoms with Crippen LogP contribution in [-0.4, -0.2) is 44.0 Å². The number of azide groups is 1. The number of rotatable bonds is 6. The van der Waals surface area contributed by atoms with Gasteiger partial charge in [-0.3, -0.25) is 4.90 Å². The molecule has 4 atom stereocenters. The number of hydrogen-bond donors (Lipinski definition) is 0. The minimum Gasteiger partial charge on any atom is -0.355 e. The standard InChI is InChI=1S/C16H24N4O2/c1-12(13-7-5-4-6-8-13)20(2)11-14-9-10-15(18-19-17)16(21-3)22-14/h4-8,12,14-16H,9-11H2,1-3H3/t12-,14+,15-,16+/m0/s1.